The summed E-state index contributed by atoms with van der Waals surface area (Å²) >= 11 is 0. The maximum Gasteiger partial charge on any atom is 0.270 e. The molecule has 0 aliphatic rings. The van der Waals surface area contributed by atoms with Gasteiger partial charge in [-0.25, -0.2) is 8.78 Å². The second-order valence-corrected chi connectivity index (χ2v) is 4.33. The Morgan fingerprint density at radius 1 is 1.09 bits per heavy atom. The van der Waals surface area contributed by atoms with Gasteiger partial charge in [0, 0.05) is 17.7 Å². The number of hydrogen-bond acceptors (Lipinski definition) is 5. The van der Waals surface area contributed by atoms with Crippen LogP contribution < -0.4 is 0 Å². The minimum Gasteiger partial charge on any atom is -0.333 e. The van der Waals surface area contributed by atoms with E-state index in [0.29, 0.717) is 5.56 Å². The van der Waals surface area contributed by atoms with Gasteiger partial charge in [-0.2, -0.15) is 4.98 Å². The molecule has 1 aromatic heterocycles. The van der Waals surface area contributed by atoms with Crippen molar-refractivity contribution in [2.24, 2.45) is 0 Å². The molecule has 0 saturated heterocycles. The Morgan fingerprint density at radius 2 is 1.77 bits per heavy atom. The number of nitro benzene ring substituents is 1. The van der Waals surface area contributed by atoms with Crippen molar-refractivity contribution in [1.29, 1.82) is 0 Å². The van der Waals surface area contributed by atoms with Crippen LogP contribution >= 0.6 is 0 Å². The minimum absolute atomic E-state index is 0.00125. The summed E-state index contributed by atoms with van der Waals surface area (Å²) in [7, 11) is 0. The van der Waals surface area contributed by atoms with Crippen molar-refractivity contribution in [3.8, 4) is 22.8 Å². The Kier molecular flexibility index (Phi) is 3.34. The van der Waals surface area contributed by atoms with Gasteiger partial charge in [-0.15, -0.1) is 0 Å². The Bertz CT molecular complexity index is 844. The summed E-state index contributed by atoms with van der Waals surface area (Å²) in [5.74, 6) is -2.01. The Balaban J connectivity index is 2.05. The van der Waals surface area contributed by atoms with Crippen LogP contribution in [0.2, 0.25) is 0 Å². The number of hydrogen-bond donors (Lipinski definition) is 0. The van der Waals surface area contributed by atoms with Crippen LogP contribution in [0, 0.1) is 21.7 Å². The zero-order valence-corrected chi connectivity index (χ0v) is 10.9. The molecule has 1 heterocycles. The van der Waals surface area contributed by atoms with Crippen LogP contribution in [0.1, 0.15) is 0 Å². The average molecular weight is 303 g/mol. The molecular formula is C14H7F2N3O3. The van der Waals surface area contributed by atoms with Gasteiger partial charge in [-0.3, -0.25) is 10.1 Å². The van der Waals surface area contributed by atoms with Crippen LogP contribution in [-0.4, -0.2) is 15.1 Å². The Morgan fingerprint density at radius 3 is 2.45 bits per heavy atom. The summed E-state index contributed by atoms with van der Waals surface area (Å²) < 4.78 is 32.2. The smallest absolute Gasteiger partial charge is 0.270 e. The molecule has 3 aromatic rings. The third kappa shape index (κ3) is 2.41. The van der Waals surface area contributed by atoms with Gasteiger partial charge < -0.3 is 4.52 Å². The van der Waals surface area contributed by atoms with E-state index in [1.165, 1.54) is 30.3 Å². The van der Waals surface area contributed by atoms with Crippen molar-refractivity contribution in [3.05, 3.63) is 64.2 Å². The fourth-order valence-corrected chi connectivity index (χ4v) is 1.90. The van der Waals surface area contributed by atoms with Crippen molar-refractivity contribution < 1.29 is 18.2 Å². The molecule has 0 unspecified atom stereocenters. The first-order chi connectivity index (χ1) is 10.6. The zero-order chi connectivity index (χ0) is 15.7. The quantitative estimate of drug-likeness (QED) is 0.545. The third-order valence-corrected chi connectivity index (χ3v) is 2.92. The number of benzene rings is 2. The van der Waals surface area contributed by atoms with Gasteiger partial charge in [0.2, 0.25) is 5.82 Å². The van der Waals surface area contributed by atoms with Crippen molar-refractivity contribution in [2.45, 2.75) is 0 Å². The van der Waals surface area contributed by atoms with Crippen LogP contribution in [0.3, 0.4) is 0 Å². The van der Waals surface area contributed by atoms with Gasteiger partial charge in [0.05, 0.1) is 4.92 Å². The summed E-state index contributed by atoms with van der Waals surface area (Å²) in [6.07, 6.45) is 0. The average Bonchev–Trinajstić information content (AvgIpc) is 2.97. The highest BCUT2D eigenvalue weighted by atomic mass is 19.1. The molecule has 0 radical (unpaired) electrons. The lowest BCUT2D eigenvalue weighted by Crippen LogP contribution is -1.90. The molecule has 0 bridgehead atoms. The minimum atomic E-state index is -0.839. The van der Waals surface area contributed by atoms with E-state index in [4.69, 9.17) is 4.52 Å². The second-order valence-electron chi connectivity index (χ2n) is 4.33. The van der Waals surface area contributed by atoms with Crippen molar-refractivity contribution in [3.63, 3.8) is 0 Å². The van der Waals surface area contributed by atoms with Crippen molar-refractivity contribution in [2.75, 3.05) is 0 Å². The number of nitrogens with zero attached hydrogens (tertiary/aromatic N) is 3. The standard InChI is InChI=1S/C14H7F2N3O3/c15-10-5-2-6-11(16)12(10)14-17-13(18-22-14)8-3-1-4-9(7-8)19(20)21/h1-7H. The topological polar surface area (TPSA) is 82.1 Å². The summed E-state index contributed by atoms with van der Waals surface area (Å²) in [5, 5.41) is 14.3. The van der Waals surface area contributed by atoms with E-state index in [9.17, 15) is 18.9 Å². The monoisotopic (exact) mass is 303 g/mol. The number of non-ortho nitro benzene ring substituents is 1. The molecule has 110 valence electrons. The zero-order valence-electron chi connectivity index (χ0n) is 10.9. The normalized spacial score (nSPS) is 10.6. The van der Waals surface area contributed by atoms with Gasteiger partial charge >= 0.3 is 0 Å². The largest absolute Gasteiger partial charge is 0.333 e. The van der Waals surface area contributed by atoms with Crippen LogP contribution in [0.4, 0.5) is 14.5 Å². The number of halogens is 2. The highest BCUT2D eigenvalue weighted by Gasteiger charge is 2.19. The lowest BCUT2D eigenvalue weighted by Gasteiger charge is -1.98. The molecule has 0 fully saturated rings. The molecule has 3 rings (SSSR count). The first-order valence-corrected chi connectivity index (χ1v) is 6.09. The van der Waals surface area contributed by atoms with Gasteiger partial charge in [-0.1, -0.05) is 23.4 Å². The number of rotatable bonds is 3. The molecule has 22 heavy (non-hydrogen) atoms. The molecular weight excluding hydrogens is 296 g/mol. The summed E-state index contributed by atoms with van der Waals surface area (Å²) in [6, 6.07) is 8.87. The van der Waals surface area contributed by atoms with Gasteiger partial charge in [-0.05, 0) is 12.1 Å². The molecule has 0 saturated carbocycles. The number of nitro groups is 1. The fourth-order valence-electron chi connectivity index (χ4n) is 1.90. The molecule has 0 aliphatic heterocycles. The van der Waals surface area contributed by atoms with Crippen LogP contribution in [0.15, 0.2) is 47.0 Å². The lowest BCUT2D eigenvalue weighted by atomic mass is 10.2. The van der Waals surface area contributed by atoms with Crippen molar-refractivity contribution >= 4 is 5.69 Å². The molecule has 8 heteroatoms. The first-order valence-electron chi connectivity index (χ1n) is 6.09. The molecule has 0 amide bonds. The van der Waals surface area contributed by atoms with E-state index in [0.717, 1.165) is 12.1 Å². The summed E-state index contributed by atoms with van der Waals surface area (Å²) in [4.78, 5) is 14.1. The second kappa shape index (κ2) is 5.32. The highest BCUT2D eigenvalue weighted by Crippen LogP contribution is 2.27. The molecule has 0 N–H and O–H groups in total. The summed E-state index contributed by atoms with van der Waals surface area (Å²) in [5.41, 5.74) is -0.284. The van der Waals surface area contributed by atoms with E-state index in [1.807, 2.05) is 0 Å². The van der Waals surface area contributed by atoms with Crippen LogP contribution in [-0.2, 0) is 0 Å². The lowest BCUT2D eigenvalue weighted by molar-refractivity contribution is -0.384. The maximum atomic E-state index is 13.7. The van der Waals surface area contributed by atoms with E-state index in [-0.39, 0.29) is 17.4 Å². The van der Waals surface area contributed by atoms with Gasteiger partial charge in [0.25, 0.3) is 11.6 Å². The molecule has 0 atom stereocenters. The summed E-state index contributed by atoms with van der Waals surface area (Å²) in [6.45, 7) is 0. The predicted octanol–water partition coefficient (Wildman–Crippen LogP) is 3.59. The Hall–Kier alpha value is -3.16. The molecule has 0 spiro atoms. The maximum absolute atomic E-state index is 13.7. The van der Waals surface area contributed by atoms with E-state index in [1.54, 1.807) is 0 Å². The highest BCUT2D eigenvalue weighted by molar-refractivity contribution is 5.62. The van der Waals surface area contributed by atoms with Gasteiger partial charge in [0.15, 0.2) is 0 Å². The fraction of sp³-hybridized carbons (Fsp3) is 0. The van der Waals surface area contributed by atoms with Crippen LogP contribution in [0.25, 0.3) is 22.8 Å². The van der Waals surface area contributed by atoms with E-state index < -0.39 is 22.1 Å². The third-order valence-electron chi connectivity index (χ3n) is 2.92. The van der Waals surface area contributed by atoms with E-state index in [2.05, 4.69) is 10.1 Å². The Labute approximate surface area is 122 Å². The first kappa shape index (κ1) is 13.8. The molecule has 0 aliphatic carbocycles. The SMILES string of the molecule is O=[N+]([O-])c1cccc(-c2noc(-c3c(F)cccc3F)n2)c1. The number of aromatic nitrogens is 2. The van der Waals surface area contributed by atoms with Gasteiger partial charge in [0.1, 0.15) is 17.2 Å². The molecule has 2 aromatic carbocycles. The molecule has 6 nitrogen and oxygen atoms in total. The van der Waals surface area contributed by atoms with E-state index >= 15 is 0 Å². The van der Waals surface area contributed by atoms with Crippen molar-refractivity contribution in [1.82, 2.24) is 10.1 Å². The predicted molar refractivity (Wildman–Crippen MR) is 71.7 cm³/mol. The van der Waals surface area contributed by atoms with Crippen LogP contribution in [0.5, 0.6) is 0 Å².